The highest BCUT2D eigenvalue weighted by Crippen LogP contribution is 2.61. The van der Waals surface area contributed by atoms with E-state index in [1.54, 1.807) is 0 Å². The maximum atomic E-state index is 13.0. The number of nitrogens with one attached hydrogen (secondary N) is 1. The van der Waals surface area contributed by atoms with Crippen LogP contribution < -0.4 is 5.32 Å². The van der Waals surface area contributed by atoms with Crippen molar-refractivity contribution in [2.45, 2.75) is 85.2 Å². The molecule has 0 saturated heterocycles. The summed E-state index contributed by atoms with van der Waals surface area (Å²) >= 11 is 6.26. The van der Waals surface area contributed by atoms with E-state index in [0.29, 0.717) is 23.0 Å². The predicted octanol–water partition coefficient (Wildman–Crippen LogP) is 4.90. The zero-order valence-electron chi connectivity index (χ0n) is 17.2. The third-order valence-electron chi connectivity index (χ3n) is 7.74. The first kappa shape index (κ1) is 19.3. The van der Waals surface area contributed by atoms with Crippen LogP contribution in [0.2, 0.25) is 5.02 Å². The van der Waals surface area contributed by atoms with Crippen molar-refractivity contribution in [1.29, 1.82) is 0 Å². The lowest BCUT2D eigenvalue weighted by atomic mass is 9.47. The summed E-state index contributed by atoms with van der Waals surface area (Å²) in [4.78, 5) is 13.0. The number of hydrogen-bond acceptors (Lipinski definition) is 2. The van der Waals surface area contributed by atoms with Gasteiger partial charge in [-0.25, -0.2) is 0 Å². The Morgan fingerprint density at radius 1 is 1.22 bits per heavy atom. The molecule has 2 unspecified atom stereocenters. The molecule has 27 heavy (non-hydrogen) atoms. The van der Waals surface area contributed by atoms with Gasteiger partial charge >= 0.3 is 0 Å². The second kappa shape index (κ2) is 7.09. The summed E-state index contributed by atoms with van der Waals surface area (Å²) in [6.45, 7) is 8.72. The molecule has 5 rings (SSSR count). The SMILES string of the molecule is CCC(NC(=O)C(C)Cn1nc(C)c(Cl)c1C)C12CC3CC(CC(C3)C1)C2. The first-order valence-corrected chi connectivity index (χ1v) is 11.2. The van der Waals surface area contributed by atoms with Crippen LogP contribution in [0.1, 0.15) is 70.2 Å². The Morgan fingerprint density at radius 2 is 1.78 bits per heavy atom. The van der Waals surface area contributed by atoms with Crippen molar-refractivity contribution in [1.82, 2.24) is 15.1 Å². The highest BCUT2D eigenvalue weighted by Gasteiger charge is 2.54. The molecule has 1 heterocycles. The lowest BCUT2D eigenvalue weighted by Crippen LogP contribution is -2.57. The maximum Gasteiger partial charge on any atom is 0.224 e. The first-order chi connectivity index (χ1) is 12.8. The fourth-order valence-corrected chi connectivity index (χ4v) is 6.94. The molecule has 0 aromatic carbocycles. The van der Waals surface area contributed by atoms with Gasteiger partial charge in [0.1, 0.15) is 0 Å². The molecule has 4 bridgehead atoms. The topological polar surface area (TPSA) is 46.9 Å². The molecule has 0 aliphatic heterocycles. The Labute approximate surface area is 168 Å². The van der Waals surface area contributed by atoms with Gasteiger partial charge in [0.25, 0.3) is 0 Å². The number of carbonyl (C=O) groups is 1. The minimum absolute atomic E-state index is 0.109. The number of carbonyl (C=O) groups excluding carboxylic acids is 1. The van der Waals surface area contributed by atoms with Gasteiger partial charge in [0, 0.05) is 6.04 Å². The van der Waals surface area contributed by atoms with Gasteiger partial charge in [-0.15, -0.1) is 0 Å². The van der Waals surface area contributed by atoms with Crippen molar-refractivity contribution >= 4 is 17.5 Å². The Kier molecular flexibility index (Phi) is 5.07. The van der Waals surface area contributed by atoms with E-state index >= 15 is 0 Å². The number of rotatable bonds is 6. The summed E-state index contributed by atoms with van der Waals surface area (Å²) in [6.07, 6.45) is 9.37. The minimum Gasteiger partial charge on any atom is -0.353 e. The average Bonchev–Trinajstić information content (AvgIpc) is 2.85. The summed E-state index contributed by atoms with van der Waals surface area (Å²) in [5.41, 5.74) is 2.14. The van der Waals surface area contributed by atoms with Crippen LogP contribution >= 0.6 is 11.6 Å². The number of hydrogen-bond donors (Lipinski definition) is 1. The van der Waals surface area contributed by atoms with Gasteiger partial charge < -0.3 is 5.32 Å². The Bertz CT molecular complexity index is 690. The van der Waals surface area contributed by atoms with E-state index in [9.17, 15) is 4.79 Å². The summed E-state index contributed by atoms with van der Waals surface area (Å²) in [5, 5.41) is 8.67. The van der Waals surface area contributed by atoms with Crippen molar-refractivity contribution in [3.8, 4) is 0 Å². The Hall–Kier alpha value is -1.03. The molecule has 1 aromatic rings. The van der Waals surface area contributed by atoms with E-state index in [2.05, 4.69) is 17.3 Å². The van der Waals surface area contributed by atoms with E-state index in [0.717, 1.165) is 35.6 Å². The predicted molar refractivity (Wildman–Crippen MR) is 109 cm³/mol. The van der Waals surface area contributed by atoms with Gasteiger partial charge in [-0.1, -0.05) is 25.4 Å². The van der Waals surface area contributed by atoms with Crippen molar-refractivity contribution in [2.24, 2.45) is 29.1 Å². The van der Waals surface area contributed by atoms with E-state index in [1.165, 1.54) is 38.5 Å². The molecule has 0 spiro atoms. The molecule has 1 N–H and O–H groups in total. The molecule has 150 valence electrons. The smallest absolute Gasteiger partial charge is 0.224 e. The van der Waals surface area contributed by atoms with E-state index in [4.69, 9.17) is 11.6 Å². The van der Waals surface area contributed by atoms with Crippen molar-refractivity contribution in [3.63, 3.8) is 0 Å². The third kappa shape index (κ3) is 3.43. The number of amides is 1. The monoisotopic (exact) mass is 391 g/mol. The molecule has 0 radical (unpaired) electrons. The Balaban J connectivity index is 1.43. The molecular formula is C22H34ClN3O. The summed E-state index contributed by atoms with van der Waals surface area (Å²) in [6, 6.07) is 0.324. The molecule has 4 aliphatic rings. The van der Waals surface area contributed by atoms with Crippen molar-refractivity contribution in [3.05, 3.63) is 16.4 Å². The van der Waals surface area contributed by atoms with Crippen LogP contribution in [0.15, 0.2) is 0 Å². The van der Waals surface area contributed by atoms with E-state index < -0.39 is 0 Å². The van der Waals surface area contributed by atoms with Crippen LogP contribution in [0.25, 0.3) is 0 Å². The standard InChI is InChI=1S/C22H34ClN3O/c1-5-19(22-9-16-6-17(10-22)8-18(7-16)11-22)24-21(27)13(2)12-26-15(4)20(23)14(3)25-26/h13,16-19H,5-12H2,1-4H3,(H,24,27). The van der Waals surface area contributed by atoms with Crippen LogP contribution in [-0.4, -0.2) is 21.7 Å². The second-order valence-corrected chi connectivity index (χ2v) is 10.2. The number of aryl methyl sites for hydroxylation is 1. The zero-order chi connectivity index (χ0) is 19.3. The van der Waals surface area contributed by atoms with Gasteiger partial charge in [-0.3, -0.25) is 9.48 Å². The summed E-state index contributed by atoms with van der Waals surface area (Å²) in [5.74, 6) is 2.80. The van der Waals surface area contributed by atoms with Gasteiger partial charge in [0.2, 0.25) is 5.91 Å². The average molecular weight is 392 g/mol. The van der Waals surface area contributed by atoms with Crippen LogP contribution in [0.3, 0.4) is 0 Å². The van der Waals surface area contributed by atoms with Crippen LogP contribution in [-0.2, 0) is 11.3 Å². The fourth-order valence-electron chi connectivity index (χ4n) is 6.80. The van der Waals surface area contributed by atoms with E-state index in [-0.39, 0.29) is 11.8 Å². The largest absolute Gasteiger partial charge is 0.353 e. The molecule has 4 saturated carbocycles. The molecular weight excluding hydrogens is 358 g/mol. The zero-order valence-corrected chi connectivity index (χ0v) is 18.0. The molecule has 5 heteroatoms. The number of nitrogens with zero attached hydrogens (tertiary/aromatic N) is 2. The summed E-state index contributed by atoms with van der Waals surface area (Å²) < 4.78 is 1.88. The normalized spacial score (nSPS) is 33.9. The van der Waals surface area contributed by atoms with Gasteiger partial charge in [0.15, 0.2) is 0 Å². The molecule has 4 aliphatic carbocycles. The minimum atomic E-state index is -0.109. The molecule has 4 fully saturated rings. The van der Waals surface area contributed by atoms with Gasteiger partial charge in [0.05, 0.1) is 28.9 Å². The highest BCUT2D eigenvalue weighted by molar-refractivity contribution is 6.31. The molecule has 2 atom stereocenters. The molecule has 1 amide bonds. The lowest BCUT2D eigenvalue weighted by Gasteiger charge is -2.59. The van der Waals surface area contributed by atoms with Gasteiger partial charge in [-0.2, -0.15) is 5.10 Å². The van der Waals surface area contributed by atoms with Crippen LogP contribution in [0.4, 0.5) is 0 Å². The number of halogens is 1. The quantitative estimate of drug-likeness (QED) is 0.749. The second-order valence-electron chi connectivity index (χ2n) is 9.82. The van der Waals surface area contributed by atoms with Crippen LogP contribution in [0.5, 0.6) is 0 Å². The summed E-state index contributed by atoms with van der Waals surface area (Å²) in [7, 11) is 0. The Morgan fingerprint density at radius 3 is 2.22 bits per heavy atom. The molecule has 4 nitrogen and oxygen atoms in total. The van der Waals surface area contributed by atoms with Crippen molar-refractivity contribution in [2.75, 3.05) is 0 Å². The molecule has 1 aromatic heterocycles. The van der Waals surface area contributed by atoms with E-state index in [1.807, 2.05) is 25.5 Å². The number of aromatic nitrogens is 2. The maximum absolute atomic E-state index is 13.0. The lowest BCUT2D eigenvalue weighted by molar-refractivity contribution is -0.130. The van der Waals surface area contributed by atoms with Gasteiger partial charge in [-0.05, 0) is 82.0 Å². The highest BCUT2D eigenvalue weighted by atomic mass is 35.5. The third-order valence-corrected chi connectivity index (χ3v) is 8.28. The first-order valence-electron chi connectivity index (χ1n) is 10.8. The van der Waals surface area contributed by atoms with Crippen LogP contribution in [0, 0.1) is 42.9 Å². The fraction of sp³-hybridized carbons (Fsp3) is 0.818. The van der Waals surface area contributed by atoms with Crippen molar-refractivity contribution < 1.29 is 4.79 Å².